The minimum absolute atomic E-state index is 0.192. The van der Waals surface area contributed by atoms with E-state index in [1.165, 1.54) is 6.07 Å². The molecule has 0 saturated heterocycles. The molecule has 0 fully saturated rings. The number of nitrogens with zero attached hydrogens (tertiary/aromatic N) is 3. The first-order chi connectivity index (χ1) is 9.69. The number of rotatable bonds is 7. The molecular formula is C15H21FN4. The monoisotopic (exact) mass is 276 g/mol. The lowest BCUT2D eigenvalue weighted by atomic mass is 9.94. The summed E-state index contributed by atoms with van der Waals surface area (Å²) in [5.74, 6) is 0.0103. The summed E-state index contributed by atoms with van der Waals surface area (Å²) < 4.78 is 15.1. The first-order valence-corrected chi connectivity index (χ1v) is 7.00. The molecule has 0 bridgehead atoms. The second kappa shape index (κ2) is 7.14. The molecule has 20 heavy (non-hydrogen) atoms. The van der Waals surface area contributed by atoms with Crippen molar-refractivity contribution in [1.82, 2.24) is 20.3 Å². The fraction of sp³-hybridized carbons (Fsp3) is 0.467. The van der Waals surface area contributed by atoms with E-state index in [2.05, 4.69) is 22.6 Å². The van der Waals surface area contributed by atoms with Gasteiger partial charge >= 0.3 is 0 Å². The van der Waals surface area contributed by atoms with Gasteiger partial charge in [-0.25, -0.2) is 4.39 Å². The van der Waals surface area contributed by atoms with Gasteiger partial charge in [-0.15, -0.1) is 5.10 Å². The molecule has 2 rings (SSSR count). The minimum atomic E-state index is -0.192. The number of halogens is 1. The van der Waals surface area contributed by atoms with Gasteiger partial charge in [-0.3, -0.25) is 4.68 Å². The van der Waals surface area contributed by atoms with Gasteiger partial charge in [0.05, 0.1) is 5.69 Å². The van der Waals surface area contributed by atoms with E-state index < -0.39 is 0 Å². The predicted octanol–water partition coefficient (Wildman–Crippen LogP) is 2.28. The zero-order valence-electron chi connectivity index (χ0n) is 12.0. The summed E-state index contributed by atoms with van der Waals surface area (Å²) in [7, 11) is 1.85. The molecule has 1 unspecified atom stereocenters. The molecular weight excluding hydrogens is 255 g/mol. The van der Waals surface area contributed by atoms with Gasteiger partial charge in [0.1, 0.15) is 5.82 Å². The van der Waals surface area contributed by atoms with Crippen molar-refractivity contribution in [1.29, 1.82) is 0 Å². The molecule has 1 atom stereocenters. The van der Waals surface area contributed by atoms with Gasteiger partial charge in [0, 0.05) is 32.1 Å². The summed E-state index contributed by atoms with van der Waals surface area (Å²) in [5.41, 5.74) is 1.93. The number of hydrogen-bond acceptors (Lipinski definition) is 3. The lowest BCUT2D eigenvalue weighted by molar-refractivity contribution is 0.564. The number of aryl methyl sites for hydroxylation is 1. The van der Waals surface area contributed by atoms with E-state index in [1.54, 1.807) is 16.8 Å². The fourth-order valence-corrected chi connectivity index (χ4v) is 2.26. The molecule has 1 N–H and O–H groups in total. The second-order valence-electron chi connectivity index (χ2n) is 5.04. The number of aromatic nitrogens is 3. The lowest BCUT2D eigenvalue weighted by Crippen LogP contribution is -2.24. The van der Waals surface area contributed by atoms with Crippen molar-refractivity contribution >= 4 is 0 Å². The SMILES string of the molecule is CCCNCC(Cc1cn(C)nn1)c1cccc(F)c1. The Morgan fingerprint density at radius 3 is 2.90 bits per heavy atom. The van der Waals surface area contributed by atoms with Crippen LogP contribution in [0.4, 0.5) is 4.39 Å². The largest absolute Gasteiger partial charge is 0.316 e. The zero-order chi connectivity index (χ0) is 14.4. The van der Waals surface area contributed by atoms with Gasteiger partial charge in [-0.05, 0) is 30.7 Å². The van der Waals surface area contributed by atoms with E-state index in [0.717, 1.165) is 37.2 Å². The quantitative estimate of drug-likeness (QED) is 0.789. The molecule has 1 aromatic carbocycles. The standard InChI is InChI=1S/C15H21FN4/c1-3-7-17-10-13(9-15-11-20(2)19-18-15)12-5-4-6-14(16)8-12/h4-6,8,11,13,17H,3,7,9-10H2,1-2H3. The van der Waals surface area contributed by atoms with Crippen molar-refractivity contribution < 1.29 is 4.39 Å². The highest BCUT2D eigenvalue weighted by atomic mass is 19.1. The van der Waals surface area contributed by atoms with E-state index in [4.69, 9.17) is 0 Å². The fourth-order valence-electron chi connectivity index (χ4n) is 2.26. The van der Waals surface area contributed by atoms with E-state index >= 15 is 0 Å². The van der Waals surface area contributed by atoms with Crippen LogP contribution in [0.3, 0.4) is 0 Å². The summed E-state index contributed by atoms with van der Waals surface area (Å²) in [4.78, 5) is 0. The highest BCUT2D eigenvalue weighted by Gasteiger charge is 2.14. The molecule has 4 nitrogen and oxygen atoms in total. The number of hydrogen-bond donors (Lipinski definition) is 1. The maximum atomic E-state index is 13.4. The summed E-state index contributed by atoms with van der Waals surface area (Å²) >= 11 is 0. The third kappa shape index (κ3) is 4.13. The molecule has 0 aliphatic heterocycles. The highest BCUT2D eigenvalue weighted by molar-refractivity contribution is 5.22. The summed E-state index contributed by atoms with van der Waals surface area (Å²) in [6, 6.07) is 6.81. The molecule has 1 aromatic heterocycles. The van der Waals surface area contributed by atoms with Gasteiger partial charge < -0.3 is 5.32 Å². The minimum Gasteiger partial charge on any atom is -0.316 e. The van der Waals surface area contributed by atoms with Crippen LogP contribution in [0.15, 0.2) is 30.5 Å². The van der Waals surface area contributed by atoms with Crippen LogP contribution >= 0.6 is 0 Å². The average Bonchev–Trinajstić information content (AvgIpc) is 2.83. The van der Waals surface area contributed by atoms with E-state index in [0.29, 0.717) is 0 Å². The highest BCUT2D eigenvalue weighted by Crippen LogP contribution is 2.20. The van der Waals surface area contributed by atoms with Crippen LogP contribution in [0.1, 0.15) is 30.5 Å². The average molecular weight is 276 g/mol. The van der Waals surface area contributed by atoms with Crippen molar-refractivity contribution in [3.8, 4) is 0 Å². The van der Waals surface area contributed by atoms with Crippen LogP contribution < -0.4 is 5.32 Å². The topological polar surface area (TPSA) is 42.7 Å². The Hall–Kier alpha value is -1.75. The van der Waals surface area contributed by atoms with Crippen LogP contribution in [-0.2, 0) is 13.5 Å². The van der Waals surface area contributed by atoms with Crippen molar-refractivity contribution in [2.24, 2.45) is 7.05 Å². The molecule has 0 aliphatic carbocycles. The van der Waals surface area contributed by atoms with Crippen LogP contribution in [0.2, 0.25) is 0 Å². The van der Waals surface area contributed by atoms with Gasteiger partial charge in [-0.1, -0.05) is 24.3 Å². The first-order valence-electron chi connectivity index (χ1n) is 7.00. The molecule has 1 heterocycles. The molecule has 2 aromatic rings. The normalized spacial score (nSPS) is 12.6. The zero-order valence-corrected chi connectivity index (χ0v) is 12.0. The smallest absolute Gasteiger partial charge is 0.123 e. The van der Waals surface area contributed by atoms with Gasteiger partial charge in [0.25, 0.3) is 0 Å². The Bertz CT molecular complexity index is 538. The van der Waals surface area contributed by atoms with Crippen LogP contribution in [0.5, 0.6) is 0 Å². The lowest BCUT2D eigenvalue weighted by Gasteiger charge is -2.17. The first kappa shape index (κ1) is 14.7. The van der Waals surface area contributed by atoms with Crippen molar-refractivity contribution in [2.45, 2.75) is 25.7 Å². The molecule has 0 spiro atoms. The molecule has 0 aliphatic rings. The van der Waals surface area contributed by atoms with Gasteiger partial charge in [0.2, 0.25) is 0 Å². The van der Waals surface area contributed by atoms with Gasteiger partial charge in [0.15, 0.2) is 0 Å². The maximum absolute atomic E-state index is 13.4. The number of benzene rings is 1. The second-order valence-corrected chi connectivity index (χ2v) is 5.04. The Morgan fingerprint density at radius 2 is 2.25 bits per heavy atom. The van der Waals surface area contributed by atoms with Crippen LogP contribution in [-0.4, -0.2) is 28.1 Å². The summed E-state index contributed by atoms with van der Waals surface area (Å²) in [6.07, 6.45) is 3.75. The Balaban J connectivity index is 2.11. The Labute approximate surface area is 119 Å². The van der Waals surface area contributed by atoms with E-state index in [1.807, 2.05) is 19.3 Å². The Kier molecular flexibility index (Phi) is 5.24. The third-order valence-corrected chi connectivity index (χ3v) is 3.24. The van der Waals surface area contributed by atoms with Crippen molar-refractivity contribution in [2.75, 3.05) is 13.1 Å². The van der Waals surface area contributed by atoms with Crippen molar-refractivity contribution in [3.63, 3.8) is 0 Å². The van der Waals surface area contributed by atoms with E-state index in [-0.39, 0.29) is 11.7 Å². The molecule has 5 heteroatoms. The summed E-state index contributed by atoms with van der Waals surface area (Å²) in [5, 5.41) is 11.5. The van der Waals surface area contributed by atoms with Gasteiger partial charge in [-0.2, -0.15) is 0 Å². The van der Waals surface area contributed by atoms with Crippen LogP contribution in [0.25, 0.3) is 0 Å². The van der Waals surface area contributed by atoms with Crippen LogP contribution in [0, 0.1) is 5.82 Å². The maximum Gasteiger partial charge on any atom is 0.123 e. The molecule has 0 amide bonds. The molecule has 0 radical (unpaired) electrons. The predicted molar refractivity (Wildman–Crippen MR) is 77.0 cm³/mol. The number of nitrogens with one attached hydrogen (secondary N) is 1. The summed E-state index contributed by atoms with van der Waals surface area (Å²) in [6.45, 7) is 3.91. The Morgan fingerprint density at radius 1 is 1.40 bits per heavy atom. The molecule has 108 valence electrons. The van der Waals surface area contributed by atoms with Crippen molar-refractivity contribution in [3.05, 3.63) is 47.5 Å². The third-order valence-electron chi connectivity index (χ3n) is 3.24. The molecule has 0 saturated carbocycles. The van der Waals surface area contributed by atoms with E-state index in [9.17, 15) is 4.39 Å².